The molecular weight excluding hydrogens is 222 g/mol. The molecule has 1 N–H and O–H groups in total. The maximum Gasteiger partial charge on any atom is 0.227 e. The van der Waals surface area contributed by atoms with Crippen molar-refractivity contribution in [2.75, 3.05) is 13.2 Å². The fourth-order valence-electron chi connectivity index (χ4n) is 1.22. The predicted octanol–water partition coefficient (Wildman–Crippen LogP) is -0.316. The first-order chi connectivity index (χ1) is 8.09. The van der Waals surface area contributed by atoms with Crippen LogP contribution < -0.4 is 5.32 Å². The summed E-state index contributed by atoms with van der Waals surface area (Å²) in [7, 11) is 1.71. The van der Waals surface area contributed by atoms with Gasteiger partial charge in [-0.2, -0.15) is 0 Å². The average Bonchev–Trinajstić information content (AvgIpc) is 2.63. The molecule has 0 saturated carbocycles. The largest absolute Gasteiger partial charge is 0.379 e. The Hall–Kier alpha value is -1.50. The van der Waals surface area contributed by atoms with Gasteiger partial charge in [0.05, 0.1) is 12.5 Å². The Morgan fingerprint density at radius 1 is 1.53 bits per heavy atom. The molecule has 0 radical (unpaired) electrons. The molecule has 0 saturated heterocycles. The van der Waals surface area contributed by atoms with Crippen LogP contribution in [0.4, 0.5) is 0 Å². The molecule has 0 aliphatic carbocycles. The fraction of sp³-hybridized carbons (Fsp3) is 0.800. The Morgan fingerprint density at radius 2 is 2.29 bits per heavy atom. The van der Waals surface area contributed by atoms with Crippen LogP contribution in [0.2, 0.25) is 0 Å². The smallest absolute Gasteiger partial charge is 0.227 e. The number of tetrazole rings is 1. The highest BCUT2D eigenvalue weighted by atomic mass is 16.5. The maximum absolute atomic E-state index is 11.5. The van der Waals surface area contributed by atoms with Crippen LogP contribution in [0.15, 0.2) is 0 Å². The van der Waals surface area contributed by atoms with Gasteiger partial charge in [-0.25, -0.2) is 4.68 Å². The molecule has 1 heterocycles. The lowest BCUT2D eigenvalue weighted by Gasteiger charge is -2.07. The van der Waals surface area contributed by atoms with Crippen molar-refractivity contribution in [1.29, 1.82) is 0 Å². The van der Waals surface area contributed by atoms with Crippen LogP contribution in [0.3, 0.4) is 0 Å². The highest BCUT2D eigenvalue weighted by Crippen LogP contribution is 1.92. The SMILES string of the molecule is CC(C)OCCCNC(=O)Cc1nnnn1C. The molecule has 0 aliphatic rings. The van der Waals surface area contributed by atoms with Crippen LogP contribution in [-0.4, -0.2) is 45.4 Å². The second kappa shape index (κ2) is 6.95. The lowest BCUT2D eigenvalue weighted by atomic mass is 10.3. The second-order valence-electron chi connectivity index (χ2n) is 4.02. The normalized spacial score (nSPS) is 10.8. The number of aryl methyl sites for hydroxylation is 1. The van der Waals surface area contributed by atoms with E-state index in [0.717, 1.165) is 6.42 Å². The van der Waals surface area contributed by atoms with Crippen molar-refractivity contribution in [2.24, 2.45) is 7.05 Å². The van der Waals surface area contributed by atoms with Crippen LogP contribution in [-0.2, 0) is 23.0 Å². The fourth-order valence-corrected chi connectivity index (χ4v) is 1.22. The summed E-state index contributed by atoms with van der Waals surface area (Å²) in [5.74, 6) is 0.480. The first-order valence-corrected chi connectivity index (χ1v) is 5.69. The monoisotopic (exact) mass is 241 g/mol. The summed E-state index contributed by atoms with van der Waals surface area (Å²) in [6, 6.07) is 0. The lowest BCUT2D eigenvalue weighted by molar-refractivity contribution is -0.120. The first kappa shape index (κ1) is 13.6. The minimum Gasteiger partial charge on any atom is -0.379 e. The molecule has 0 bridgehead atoms. The molecule has 1 rings (SSSR count). The number of amides is 1. The van der Waals surface area contributed by atoms with Gasteiger partial charge in [0.25, 0.3) is 0 Å². The molecule has 1 amide bonds. The number of ether oxygens (including phenoxy) is 1. The van der Waals surface area contributed by atoms with E-state index in [1.165, 1.54) is 4.68 Å². The summed E-state index contributed by atoms with van der Waals surface area (Å²) >= 11 is 0. The lowest BCUT2D eigenvalue weighted by Crippen LogP contribution is -2.28. The molecule has 0 unspecified atom stereocenters. The highest BCUT2D eigenvalue weighted by molar-refractivity contribution is 5.77. The van der Waals surface area contributed by atoms with Gasteiger partial charge in [-0.05, 0) is 30.7 Å². The molecule has 0 fully saturated rings. The standard InChI is InChI=1S/C10H19N5O2/c1-8(2)17-6-4-5-11-10(16)7-9-12-13-14-15(9)3/h8H,4-7H2,1-3H3,(H,11,16). The van der Waals surface area contributed by atoms with E-state index in [1.807, 2.05) is 13.8 Å². The molecule has 0 aliphatic heterocycles. The van der Waals surface area contributed by atoms with E-state index in [9.17, 15) is 4.79 Å². The number of carbonyl (C=O) groups excluding carboxylic acids is 1. The van der Waals surface area contributed by atoms with E-state index < -0.39 is 0 Å². The molecule has 0 spiro atoms. The van der Waals surface area contributed by atoms with Gasteiger partial charge in [0.2, 0.25) is 5.91 Å². The summed E-state index contributed by atoms with van der Waals surface area (Å²) in [5, 5.41) is 13.7. The Balaban J connectivity index is 2.12. The van der Waals surface area contributed by atoms with Crippen molar-refractivity contribution in [3.63, 3.8) is 0 Å². The summed E-state index contributed by atoms with van der Waals surface area (Å²) < 4.78 is 6.85. The van der Waals surface area contributed by atoms with Gasteiger partial charge in [-0.15, -0.1) is 5.10 Å². The number of hydrogen-bond donors (Lipinski definition) is 1. The molecule has 96 valence electrons. The van der Waals surface area contributed by atoms with Crippen molar-refractivity contribution in [3.8, 4) is 0 Å². The molecule has 17 heavy (non-hydrogen) atoms. The molecule has 7 heteroatoms. The van der Waals surface area contributed by atoms with Crippen molar-refractivity contribution in [1.82, 2.24) is 25.5 Å². The number of nitrogens with one attached hydrogen (secondary N) is 1. The Bertz CT molecular complexity index is 350. The van der Waals surface area contributed by atoms with E-state index in [2.05, 4.69) is 20.8 Å². The minimum absolute atomic E-state index is 0.0764. The molecule has 1 aromatic heterocycles. The van der Waals surface area contributed by atoms with E-state index in [1.54, 1.807) is 7.05 Å². The zero-order valence-corrected chi connectivity index (χ0v) is 10.5. The number of aromatic nitrogens is 4. The molecule has 1 aromatic rings. The average molecular weight is 241 g/mol. The van der Waals surface area contributed by atoms with E-state index in [-0.39, 0.29) is 18.4 Å². The third-order valence-corrected chi connectivity index (χ3v) is 2.12. The van der Waals surface area contributed by atoms with Crippen LogP contribution in [0.1, 0.15) is 26.1 Å². The van der Waals surface area contributed by atoms with Crippen molar-refractivity contribution in [2.45, 2.75) is 32.8 Å². The zero-order chi connectivity index (χ0) is 12.7. The van der Waals surface area contributed by atoms with Crippen molar-refractivity contribution >= 4 is 5.91 Å². The number of rotatable bonds is 7. The summed E-state index contributed by atoms with van der Waals surface area (Å²) in [5.41, 5.74) is 0. The quantitative estimate of drug-likeness (QED) is 0.662. The Kier molecular flexibility index (Phi) is 5.55. The summed E-state index contributed by atoms with van der Waals surface area (Å²) in [6.45, 7) is 5.24. The third kappa shape index (κ3) is 5.39. The molecule has 0 atom stereocenters. The summed E-state index contributed by atoms with van der Waals surface area (Å²) in [6.07, 6.45) is 1.24. The van der Waals surface area contributed by atoms with Gasteiger partial charge in [0, 0.05) is 20.2 Å². The van der Waals surface area contributed by atoms with E-state index in [0.29, 0.717) is 19.0 Å². The Morgan fingerprint density at radius 3 is 2.88 bits per heavy atom. The highest BCUT2D eigenvalue weighted by Gasteiger charge is 2.08. The topological polar surface area (TPSA) is 81.9 Å². The second-order valence-corrected chi connectivity index (χ2v) is 4.02. The molecule has 7 nitrogen and oxygen atoms in total. The van der Waals surface area contributed by atoms with Crippen LogP contribution in [0.25, 0.3) is 0 Å². The van der Waals surface area contributed by atoms with Crippen LogP contribution >= 0.6 is 0 Å². The van der Waals surface area contributed by atoms with Gasteiger partial charge in [-0.3, -0.25) is 4.79 Å². The van der Waals surface area contributed by atoms with E-state index in [4.69, 9.17) is 4.74 Å². The van der Waals surface area contributed by atoms with Gasteiger partial charge >= 0.3 is 0 Å². The summed E-state index contributed by atoms with van der Waals surface area (Å²) in [4.78, 5) is 11.5. The number of hydrogen-bond acceptors (Lipinski definition) is 5. The van der Waals surface area contributed by atoms with Gasteiger partial charge in [-0.1, -0.05) is 0 Å². The molecular formula is C10H19N5O2. The van der Waals surface area contributed by atoms with Gasteiger partial charge in [0.1, 0.15) is 0 Å². The number of nitrogens with zero attached hydrogens (tertiary/aromatic N) is 4. The van der Waals surface area contributed by atoms with Crippen molar-refractivity contribution in [3.05, 3.63) is 5.82 Å². The van der Waals surface area contributed by atoms with Crippen LogP contribution in [0.5, 0.6) is 0 Å². The third-order valence-electron chi connectivity index (χ3n) is 2.12. The zero-order valence-electron chi connectivity index (χ0n) is 10.5. The maximum atomic E-state index is 11.5. The van der Waals surface area contributed by atoms with Gasteiger partial charge in [0.15, 0.2) is 5.82 Å². The first-order valence-electron chi connectivity index (χ1n) is 5.69. The van der Waals surface area contributed by atoms with Crippen LogP contribution in [0, 0.1) is 0 Å². The minimum atomic E-state index is -0.0764. The molecule has 0 aromatic carbocycles. The van der Waals surface area contributed by atoms with E-state index >= 15 is 0 Å². The Labute approximate surface area is 101 Å². The predicted molar refractivity (Wildman–Crippen MR) is 61.2 cm³/mol. The number of carbonyl (C=O) groups is 1. The van der Waals surface area contributed by atoms with Gasteiger partial charge < -0.3 is 10.1 Å². The van der Waals surface area contributed by atoms with Crippen molar-refractivity contribution < 1.29 is 9.53 Å².